The number of benzene rings is 1. The van der Waals surface area contributed by atoms with E-state index in [1.54, 1.807) is 12.4 Å². The number of nitrogens with zero attached hydrogens (tertiary/aromatic N) is 5. The third-order valence-corrected chi connectivity index (χ3v) is 4.93. The molecule has 29 heavy (non-hydrogen) atoms. The summed E-state index contributed by atoms with van der Waals surface area (Å²) in [5.41, 5.74) is 6.89. The maximum atomic E-state index is 6.05. The maximum absolute atomic E-state index is 6.05. The van der Waals surface area contributed by atoms with Gasteiger partial charge in [0.25, 0.3) is 0 Å². The van der Waals surface area contributed by atoms with Gasteiger partial charge in [-0.1, -0.05) is 0 Å². The van der Waals surface area contributed by atoms with Crippen molar-refractivity contribution in [3.05, 3.63) is 36.7 Å². The van der Waals surface area contributed by atoms with Gasteiger partial charge in [0.2, 0.25) is 5.95 Å². The third-order valence-electron chi connectivity index (χ3n) is 4.93. The molecule has 9 heteroatoms. The largest absolute Gasteiger partial charge is 0.490 e. The van der Waals surface area contributed by atoms with Crippen LogP contribution in [0.25, 0.3) is 0 Å². The summed E-state index contributed by atoms with van der Waals surface area (Å²) in [7, 11) is 0. The van der Waals surface area contributed by atoms with Crippen LogP contribution in [0.4, 0.5) is 11.6 Å². The second-order valence-electron chi connectivity index (χ2n) is 6.98. The topological polar surface area (TPSA) is 101 Å². The number of guanidine groups is 1. The van der Waals surface area contributed by atoms with Gasteiger partial charge in [0, 0.05) is 63.3 Å². The van der Waals surface area contributed by atoms with E-state index in [4.69, 9.17) is 15.2 Å². The van der Waals surface area contributed by atoms with Crippen molar-refractivity contribution in [2.45, 2.75) is 6.42 Å². The Balaban J connectivity index is 1.22. The van der Waals surface area contributed by atoms with E-state index < -0.39 is 0 Å². The number of hydrogen-bond acceptors (Lipinski definition) is 7. The molecule has 0 saturated carbocycles. The molecular weight excluding hydrogens is 370 g/mol. The van der Waals surface area contributed by atoms with E-state index in [0.717, 1.165) is 62.3 Å². The van der Waals surface area contributed by atoms with Gasteiger partial charge >= 0.3 is 0 Å². The number of aliphatic imine (C=N–C) groups is 1. The highest BCUT2D eigenvalue weighted by molar-refractivity contribution is 5.92. The first kappa shape index (κ1) is 19.3. The predicted molar refractivity (Wildman–Crippen MR) is 113 cm³/mol. The number of fused-ring (bicyclic) bond motifs is 1. The summed E-state index contributed by atoms with van der Waals surface area (Å²) in [6.45, 7) is 6.60. The summed E-state index contributed by atoms with van der Waals surface area (Å²) in [6.07, 6.45) is 4.44. The molecule has 2 aliphatic heterocycles. The van der Waals surface area contributed by atoms with E-state index in [0.29, 0.717) is 25.7 Å². The number of ether oxygens (including phenoxy) is 2. The van der Waals surface area contributed by atoms with Gasteiger partial charge in [-0.15, -0.1) is 0 Å². The molecule has 0 unspecified atom stereocenters. The summed E-state index contributed by atoms with van der Waals surface area (Å²) in [6, 6.07) is 7.55. The van der Waals surface area contributed by atoms with Crippen LogP contribution in [-0.2, 0) is 0 Å². The monoisotopic (exact) mass is 397 g/mol. The number of anilines is 2. The molecule has 1 aromatic carbocycles. The summed E-state index contributed by atoms with van der Waals surface area (Å²) in [5, 5.41) is 3.13. The zero-order valence-corrected chi connectivity index (χ0v) is 16.5. The van der Waals surface area contributed by atoms with Crippen LogP contribution in [0.1, 0.15) is 6.42 Å². The molecule has 0 spiro atoms. The van der Waals surface area contributed by atoms with Crippen LogP contribution in [0.15, 0.2) is 41.7 Å². The van der Waals surface area contributed by atoms with E-state index in [-0.39, 0.29) is 0 Å². The van der Waals surface area contributed by atoms with Crippen LogP contribution in [0.3, 0.4) is 0 Å². The fourth-order valence-corrected chi connectivity index (χ4v) is 3.37. The summed E-state index contributed by atoms with van der Waals surface area (Å²) < 4.78 is 11.4. The Morgan fingerprint density at radius 3 is 2.62 bits per heavy atom. The number of nitrogens with one attached hydrogen (secondary N) is 1. The zero-order valence-electron chi connectivity index (χ0n) is 16.5. The van der Waals surface area contributed by atoms with Gasteiger partial charge in [0.1, 0.15) is 0 Å². The number of rotatable bonds is 5. The molecule has 1 saturated heterocycles. The first-order valence-electron chi connectivity index (χ1n) is 9.99. The highest BCUT2D eigenvalue weighted by Gasteiger charge is 2.18. The summed E-state index contributed by atoms with van der Waals surface area (Å²) in [4.78, 5) is 17.7. The molecule has 0 aliphatic carbocycles. The molecule has 3 N–H and O–H groups in total. The van der Waals surface area contributed by atoms with E-state index in [9.17, 15) is 0 Å². The summed E-state index contributed by atoms with van der Waals surface area (Å²) in [5.74, 6) is 2.70. The predicted octanol–water partition coefficient (Wildman–Crippen LogP) is 1.19. The Morgan fingerprint density at radius 2 is 1.83 bits per heavy atom. The van der Waals surface area contributed by atoms with Crippen molar-refractivity contribution in [1.29, 1.82) is 0 Å². The maximum Gasteiger partial charge on any atom is 0.225 e. The molecule has 1 aromatic heterocycles. The highest BCUT2D eigenvalue weighted by Crippen LogP contribution is 2.32. The first-order valence-corrected chi connectivity index (χ1v) is 9.99. The lowest BCUT2D eigenvalue weighted by Crippen LogP contribution is -2.47. The van der Waals surface area contributed by atoms with Crippen LogP contribution in [0.5, 0.6) is 11.5 Å². The minimum atomic E-state index is 0.399. The van der Waals surface area contributed by atoms with Gasteiger partial charge in [0.05, 0.1) is 19.8 Å². The van der Waals surface area contributed by atoms with E-state index in [1.807, 2.05) is 24.3 Å². The van der Waals surface area contributed by atoms with Crippen LogP contribution < -0.4 is 25.4 Å². The van der Waals surface area contributed by atoms with Crippen molar-refractivity contribution in [1.82, 2.24) is 14.9 Å². The van der Waals surface area contributed by atoms with Crippen molar-refractivity contribution < 1.29 is 9.47 Å². The number of hydrogen-bond donors (Lipinski definition) is 2. The van der Waals surface area contributed by atoms with Crippen molar-refractivity contribution in [3.8, 4) is 11.5 Å². The van der Waals surface area contributed by atoms with Gasteiger partial charge in [-0.2, -0.15) is 0 Å². The lowest BCUT2D eigenvalue weighted by Gasteiger charge is -2.34. The number of piperazine rings is 1. The van der Waals surface area contributed by atoms with Crippen LogP contribution in [0, 0.1) is 0 Å². The van der Waals surface area contributed by atoms with Gasteiger partial charge in [-0.3, -0.25) is 9.89 Å². The van der Waals surface area contributed by atoms with E-state index >= 15 is 0 Å². The van der Waals surface area contributed by atoms with Crippen molar-refractivity contribution >= 4 is 17.6 Å². The molecule has 0 bridgehead atoms. The Bertz CT molecular complexity index is 823. The van der Waals surface area contributed by atoms with Gasteiger partial charge < -0.3 is 25.4 Å². The Labute approximate surface area is 170 Å². The molecule has 0 amide bonds. The second-order valence-corrected chi connectivity index (χ2v) is 6.98. The Kier molecular flexibility index (Phi) is 6.25. The lowest BCUT2D eigenvalue weighted by molar-refractivity contribution is 0.264. The average molecular weight is 397 g/mol. The molecule has 154 valence electrons. The molecule has 2 aromatic rings. The zero-order chi connectivity index (χ0) is 19.9. The standard InChI is InChI=1S/C20H27N7O2/c21-19(25-16-3-4-17-18(15-16)29-14-2-13-28-17)22-7-8-26-9-11-27(12-10-26)20-23-5-1-6-24-20/h1,3-6,15H,2,7-14H2,(H3,21,22,25). The van der Waals surface area contributed by atoms with Crippen LogP contribution >= 0.6 is 0 Å². The Morgan fingerprint density at radius 1 is 1.07 bits per heavy atom. The van der Waals surface area contributed by atoms with Gasteiger partial charge in [0.15, 0.2) is 17.5 Å². The van der Waals surface area contributed by atoms with Crippen LogP contribution in [-0.4, -0.2) is 73.3 Å². The average Bonchev–Trinajstić information content (AvgIpc) is 3.00. The lowest BCUT2D eigenvalue weighted by atomic mass is 10.3. The molecule has 9 nitrogen and oxygen atoms in total. The molecule has 1 fully saturated rings. The molecular formula is C20H27N7O2. The molecule has 3 heterocycles. The minimum absolute atomic E-state index is 0.399. The number of aromatic nitrogens is 2. The Hall–Kier alpha value is -3.07. The van der Waals surface area contributed by atoms with Crippen LogP contribution in [0.2, 0.25) is 0 Å². The van der Waals surface area contributed by atoms with Crippen molar-refractivity contribution in [2.75, 3.05) is 62.7 Å². The van der Waals surface area contributed by atoms with Gasteiger partial charge in [-0.05, 0) is 18.2 Å². The van der Waals surface area contributed by atoms with E-state index in [2.05, 4.69) is 30.1 Å². The third kappa shape index (κ3) is 5.26. The SMILES string of the molecule is NC(=NCCN1CCN(c2ncccn2)CC1)Nc1ccc2c(c1)OCCCO2. The smallest absolute Gasteiger partial charge is 0.225 e. The number of nitrogens with two attached hydrogens (primary N) is 1. The fraction of sp³-hybridized carbons (Fsp3) is 0.450. The summed E-state index contributed by atoms with van der Waals surface area (Å²) >= 11 is 0. The minimum Gasteiger partial charge on any atom is -0.490 e. The normalized spacial score (nSPS) is 17.7. The highest BCUT2D eigenvalue weighted by atomic mass is 16.5. The molecule has 0 radical (unpaired) electrons. The molecule has 4 rings (SSSR count). The second kappa shape index (κ2) is 9.42. The molecule has 2 aliphatic rings. The first-order chi connectivity index (χ1) is 14.3. The van der Waals surface area contributed by atoms with E-state index in [1.165, 1.54) is 0 Å². The molecule has 0 atom stereocenters. The van der Waals surface area contributed by atoms with Gasteiger partial charge in [-0.25, -0.2) is 9.97 Å². The fourth-order valence-electron chi connectivity index (χ4n) is 3.37. The quantitative estimate of drug-likeness (QED) is 0.573. The van der Waals surface area contributed by atoms with Crippen molar-refractivity contribution in [2.24, 2.45) is 10.7 Å². The van der Waals surface area contributed by atoms with Crippen molar-refractivity contribution in [3.63, 3.8) is 0 Å².